The van der Waals surface area contributed by atoms with E-state index in [2.05, 4.69) is 0 Å². The number of alkyl halides is 3. The fourth-order valence-corrected chi connectivity index (χ4v) is 0.807. The molecule has 0 saturated heterocycles. The molecule has 0 amide bonds. The predicted molar refractivity (Wildman–Crippen MR) is 44.3 cm³/mol. The Kier molecular flexibility index (Phi) is 5.42. The lowest BCUT2D eigenvalue weighted by Crippen LogP contribution is -2.22. The molecule has 0 aromatic rings. The number of rotatable bonds is 5. The topological polar surface area (TPSA) is 17.1 Å². The van der Waals surface area contributed by atoms with E-state index in [1.165, 1.54) is 0 Å². The number of Topliss-reactive ketones (excluding diaryl/α,β-unsaturated/α-hetero) is 1. The highest BCUT2D eigenvalue weighted by molar-refractivity contribution is 5.83. The highest BCUT2D eigenvalue weighted by atomic mass is 19.4. The standard InChI is InChI=1S/C9H13F3O/c1-2-3-4-5-6-7-8(13)9(10,11)12/h3-4H,2,5-7H2,1H3/b4-3-. The molecule has 1 nitrogen and oxygen atoms in total. The van der Waals surface area contributed by atoms with E-state index in [9.17, 15) is 18.0 Å². The van der Waals surface area contributed by atoms with Crippen molar-refractivity contribution in [1.29, 1.82) is 0 Å². The second-order valence-corrected chi connectivity index (χ2v) is 2.69. The van der Waals surface area contributed by atoms with Crippen LogP contribution < -0.4 is 0 Å². The summed E-state index contributed by atoms with van der Waals surface area (Å²) in [6.07, 6.45) is 0.283. The zero-order valence-electron chi connectivity index (χ0n) is 7.53. The minimum absolute atomic E-state index is 0.273. The Labute approximate surface area is 75.6 Å². The van der Waals surface area contributed by atoms with Crippen LogP contribution in [-0.4, -0.2) is 12.0 Å². The van der Waals surface area contributed by atoms with Gasteiger partial charge in [0, 0.05) is 6.42 Å². The summed E-state index contributed by atoms with van der Waals surface area (Å²) in [5, 5.41) is 0. The molecule has 0 aliphatic rings. The molecule has 4 heteroatoms. The number of halogens is 3. The number of ketones is 1. The molecule has 0 saturated carbocycles. The Hall–Kier alpha value is -0.800. The SMILES string of the molecule is CC/C=C\CCCC(=O)C(F)(F)F. The summed E-state index contributed by atoms with van der Waals surface area (Å²) >= 11 is 0. The molecular formula is C9H13F3O. The average molecular weight is 194 g/mol. The van der Waals surface area contributed by atoms with Crippen LogP contribution in [0, 0.1) is 0 Å². The smallest absolute Gasteiger partial charge is 0.290 e. The van der Waals surface area contributed by atoms with Crippen molar-refractivity contribution in [2.75, 3.05) is 0 Å². The Balaban J connectivity index is 3.55. The van der Waals surface area contributed by atoms with E-state index < -0.39 is 18.4 Å². The van der Waals surface area contributed by atoms with Gasteiger partial charge in [0.25, 0.3) is 0 Å². The van der Waals surface area contributed by atoms with E-state index in [0.717, 1.165) is 6.42 Å². The molecule has 76 valence electrons. The van der Waals surface area contributed by atoms with Crippen molar-refractivity contribution in [3.63, 3.8) is 0 Å². The first-order valence-electron chi connectivity index (χ1n) is 4.23. The number of unbranched alkanes of at least 4 members (excludes halogenated alkanes) is 1. The largest absolute Gasteiger partial charge is 0.449 e. The molecular weight excluding hydrogens is 181 g/mol. The van der Waals surface area contributed by atoms with Crippen LogP contribution in [0.25, 0.3) is 0 Å². The van der Waals surface area contributed by atoms with Gasteiger partial charge in [-0.3, -0.25) is 4.79 Å². The summed E-state index contributed by atoms with van der Waals surface area (Å²) < 4.78 is 35.0. The molecule has 0 N–H and O–H groups in total. The van der Waals surface area contributed by atoms with Crippen LogP contribution in [0.1, 0.15) is 32.6 Å². The van der Waals surface area contributed by atoms with Gasteiger partial charge in [0.05, 0.1) is 0 Å². The van der Waals surface area contributed by atoms with Crippen LogP contribution >= 0.6 is 0 Å². The summed E-state index contributed by atoms with van der Waals surface area (Å²) in [5.74, 6) is -1.63. The normalized spacial score (nSPS) is 12.3. The minimum Gasteiger partial charge on any atom is -0.290 e. The lowest BCUT2D eigenvalue weighted by atomic mass is 10.1. The Morgan fingerprint density at radius 1 is 1.31 bits per heavy atom. The van der Waals surface area contributed by atoms with Crippen molar-refractivity contribution in [3.8, 4) is 0 Å². The zero-order chi connectivity index (χ0) is 10.3. The van der Waals surface area contributed by atoms with Gasteiger partial charge in [-0.2, -0.15) is 13.2 Å². The average Bonchev–Trinajstić information content (AvgIpc) is 2.02. The summed E-state index contributed by atoms with van der Waals surface area (Å²) in [4.78, 5) is 10.3. The molecule has 0 aromatic heterocycles. The fraction of sp³-hybridized carbons (Fsp3) is 0.667. The van der Waals surface area contributed by atoms with Crippen molar-refractivity contribution in [1.82, 2.24) is 0 Å². The van der Waals surface area contributed by atoms with Crippen LogP contribution in [0.15, 0.2) is 12.2 Å². The monoisotopic (exact) mass is 194 g/mol. The summed E-state index contributed by atoms with van der Waals surface area (Å²) in [5.41, 5.74) is 0. The zero-order valence-corrected chi connectivity index (χ0v) is 7.53. The van der Waals surface area contributed by atoms with Crippen LogP contribution in [0.5, 0.6) is 0 Å². The molecule has 0 fully saturated rings. The van der Waals surface area contributed by atoms with Gasteiger partial charge in [-0.15, -0.1) is 0 Å². The molecule has 0 aliphatic heterocycles. The maximum atomic E-state index is 11.7. The van der Waals surface area contributed by atoms with Crippen molar-refractivity contribution in [2.24, 2.45) is 0 Å². The Morgan fingerprint density at radius 3 is 2.38 bits per heavy atom. The van der Waals surface area contributed by atoms with Crippen LogP contribution in [0.4, 0.5) is 13.2 Å². The first-order valence-corrected chi connectivity index (χ1v) is 4.23. The summed E-state index contributed by atoms with van der Waals surface area (Å²) in [6.45, 7) is 1.94. The van der Waals surface area contributed by atoms with Gasteiger partial charge in [0.1, 0.15) is 0 Å². The van der Waals surface area contributed by atoms with Gasteiger partial charge < -0.3 is 0 Å². The molecule has 0 unspecified atom stereocenters. The third-order valence-electron chi connectivity index (χ3n) is 1.49. The Morgan fingerprint density at radius 2 is 1.92 bits per heavy atom. The summed E-state index contributed by atoms with van der Waals surface area (Å²) in [7, 11) is 0. The van der Waals surface area contributed by atoms with Crippen LogP contribution in [0.3, 0.4) is 0 Å². The van der Waals surface area contributed by atoms with E-state index in [1.54, 1.807) is 6.08 Å². The van der Waals surface area contributed by atoms with Gasteiger partial charge in [0.2, 0.25) is 5.78 Å². The van der Waals surface area contributed by atoms with E-state index >= 15 is 0 Å². The molecule has 0 radical (unpaired) electrons. The Bertz CT molecular complexity index is 182. The van der Waals surface area contributed by atoms with E-state index in [4.69, 9.17) is 0 Å². The van der Waals surface area contributed by atoms with Crippen molar-refractivity contribution < 1.29 is 18.0 Å². The number of hydrogen-bond donors (Lipinski definition) is 0. The van der Waals surface area contributed by atoms with E-state index in [-0.39, 0.29) is 6.42 Å². The molecule has 0 spiro atoms. The second kappa shape index (κ2) is 5.78. The van der Waals surface area contributed by atoms with Gasteiger partial charge >= 0.3 is 6.18 Å². The maximum Gasteiger partial charge on any atom is 0.449 e. The first kappa shape index (κ1) is 12.2. The van der Waals surface area contributed by atoms with Gasteiger partial charge in [0.15, 0.2) is 0 Å². The minimum atomic E-state index is -4.66. The second-order valence-electron chi connectivity index (χ2n) is 2.69. The number of carbonyl (C=O) groups excluding carboxylic acids is 1. The van der Waals surface area contributed by atoms with Crippen LogP contribution in [-0.2, 0) is 4.79 Å². The third kappa shape index (κ3) is 6.37. The van der Waals surface area contributed by atoms with E-state index in [1.807, 2.05) is 13.0 Å². The first-order chi connectivity index (χ1) is 5.98. The molecule has 0 bridgehead atoms. The van der Waals surface area contributed by atoms with Gasteiger partial charge in [-0.05, 0) is 19.3 Å². The highest BCUT2D eigenvalue weighted by Crippen LogP contribution is 2.19. The quantitative estimate of drug-likeness (QED) is 0.485. The van der Waals surface area contributed by atoms with Gasteiger partial charge in [-0.25, -0.2) is 0 Å². The van der Waals surface area contributed by atoms with Crippen molar-refractivity contribution in [3.05, 3.63) is 12.2 Å². The molecule has 13 heavy (non-hydrogen) atoms. The maximum absolute atomic E-state index is 11.7. The van der Waals surface area contributed by atoms with Crippen molar-refractivity contribution in [2.45, 2.75) is 38.8 Å². The predicted octanol–water partition coefficient (Wildman–Crippen LogP) is 3.25. The molecule has 0 aromatic carbocycles. The fourth-order valence-electron chi connectivity index (χ4n) is 0.807. The lowest BCUT2D eigenvalue weighted by Gasteiger charge is -2.02. The van der Waals surface area contributed by atoms with E-state index in [0.29, 0.717) is 6.42 Å². The number of hydrogen-bond acceptors (Lipinski definition) is 1. The molecule has 0 rings (SSSR count). The summed E-state index contributed by atoms with van der Waals surface area (Å²) in [6, 6.07) is 0. The van der Waals surface area contributed by atoms with Crippen LogP contribution in [0.2, 0.25) is 0 Å². The number of allylic oxidation sites excluding steroid dienone is 2. The van der Waals surface area contributed by atoms with Crippen molar-refractivity contribution >= 4 is 5.78 Å². The highest BCUT2D eigenvalue weighted by Gasteiger charge is 2.36. The molecule has 0 aliphatic carbocycles. The third-order valence-corrected chi connectivity index (χ3v) is 1.49. The number of carbonyl (C=O) groups is 1. The molecule has 0 atom stereocenters. The molecule has 0 heterocycles. The van der Waals surface area contributed by atoms with Gasteiger partial charge in [-0.1, -0.05) is 19.1 Å². The lowest BCUT2D eigenvalue weighted by molar-refractivity contribution is -0.171.